The molecule has 1 aromatic carbocycles. The first-order chi connectivity index (χ1) is 8.36. The zero-order valence-corrected chi connectivity index (χ0v) is 10.8. The van der Waals surface area contributed by atoms with Crippen molar-refractivity contribution in [2.75, 3.05) is 17.2 Å². The quantitative estimate of drug-likeness (QED) is 0.762. The smallest absolute Gasteiger partial charge is 0.262 e. The second kappa shape index (κ2) is 4.49. The third kappa shape index (κ3) is 2.73. The van der Waals surface area contributed by atoms with Crippen molar-refractivity contribution in [1.29, 1.82) is 0 Å². The van der Waals surface area contributed by atoms with Crippen LogP contribution in [0.3, 0.4) is 0 Å². The van der Waals surface area contributed by atoms with Crippen LogP contribution in [-0.4, -0.2) is 29.3 Å². The minimum Gasteiger partial charge on any atom is -0.482 e. The van der Waals surface area contributed by atoms with E-state index in [0.717, 1.165) is 5.69 Å². The van der Waals surface area contributed by atoms with Crippen molar-refractivity contribution in [2.45, 2.75) is 32.4 Å². The summed E-state index contributed by atoms with van der Waals surface area (Å²) in [5, 5.41) is 15.8. The highest BCUT2D eigenvalue weighted by Gasteiger charge is 2.23. The predicted molar refractivity (Wildman–Crippen MR) is 69.9 cm³/mol. The lowest BCUT2D eigenvalue weighted by molar-refractivity contribution is -0.118. The van der Waals surface area contributed by atoms with Crippen LogP contribution in [0.25, 0.3) is 0 Å². The summed E-state index contributed by atoms with van der Waals surface area (Å²) in [6.45, 7) is 5.44. The van der Waals surface area contributed by atoms with Crippen molar-refractivity contribution in [3.63, 3.8) is 0 Å². The van der Waals surface area contributed by atoms with E-state index in [1.54, 1.807) is 26.0 Å². The Labute approximate surface area is 106 Å². The third-order valence-electron chi connectivity index (χ3n) is 3.06. The Kier molecular flexibility index (Phi) is 3.17. The first-order valence-electron chi connectivity index (χ1n) is 5.92. The van der Waals surface area contributed by atoms with Gasteiger partial charge in [0.2, 0.25) is 0 Å². The fraction of sp³-hybridized carbons (Fsp3) is 0.462. The number of anilines is 2. The Balaban J connectivity index is 2.16. The van der Waals surface area contributed by atoms with Gasteiger partial charge in [0.15, 0.2) is 6.61 Å². The lowest BCUT2D eigenvalue weighted by Crippen LogP contribution is -2.39. The maximum absolute atomic E-state index is 11.2. The van der Waals surface area contributed by atoms with Gasteiger partial charge in [-0.2, -0.15) is 0 Å². The molecule has 1 heterocycles. The van der Waals surface area contributed by atoms with E-state index in [1.165, 1.54) is 0 Å². The molecule has 18 heavy (non-hydrogen) atoms. The molecule has 5 heteroatoms. The number of aliphatic hydroxyl groups is 1. The molecule has 1 amide bonds. The average molecular weight is 250 g/mol. The van der Waals surface area contributed by atoms with Gasteiger partial charge in [-0.05, 0) is 39.0 Å². The summed E-state index contributed by atoms with van der Waals surface area (Å²) in [7, 11) is 0. The zero-order valence-electron chi connectivity index (χ0n) is 10.8. The summed E-state index contributed by atoms with van der Waals surface area (Å²) in [6.07, 6.45) is 0. The molecule has 3 N–H and O–H groups in total. The van der Waals surface area contributed by atoms with Crippen molar-refractivity contribution < 1.29 is 14.6 Å². The molecule has 0 radical (unpaired) electrons. The number of benzene rings is 1. The van der Waals surface area contributed by atoms with Crippen LogP contribution < -0.4 is 15.4 Å². The van der Waals surface area contributed by atoms with E-state index in [1.807, 2.05) is 13.0 Å². The number of carbonyl (C=O) groups excluding carboxylic acids is 1. The van der Waals surface area contributed by atoms with Gasteiger partial charge >= 0.3 is 0 Å². The van der Waals surface area contributed by atoms with E-state index < -0.39 is 5.60 Å². The molecular formula is C13H18N2O3. The molecule has 0 fully saturated rings. The Morgan fingerprint density at radius 1 is 1.50 bits per heavy atom. The maximum atomic E-state index is 11.2. The van der Waals surface area contributed by atoms with Gasteiger partial charge in [-0.25, -0.2) is 0 Å². The van der Waals surface area contributed by atoms with E-state index >= 15 is 0 Å². The summed E-state index contributed by atoms with van der Waals surface area (Å²) in [4.78, 5) is 11.2. The number of fused-ring (bicyclic) bond motifs is 1. The average Bonchev–Trinajstić information content (AvgIpc) is 2.27. The SMILES string of the molecule is CC(Nc1ccc2c(c1)NC(=O)CO2)C(C)(C)O. The van der Waals surface area contributed by atoms with Crippen molar-refractivity contribution in [3.05, 3.63) is 18.2 Å². The standard InChI is InChI=1S/C13H18N2O3/c1-8(13(2,3)17)14-9-4-5-11-10(6-9)15-12(16)7-18-11/h4-6,8,14,17H,7H2,1-3H3,(H,15,16). The van der Waals surface area contributed by atoms with Crippen LogP contribution in [0.2, 0.25) is 0 Å². The third-order valence-corrected chi connectivity index (χ3v) is 3.06. The van der Waals surface area contributed by atoms with Crippen LogP contribution in [0.5, 0.6) is 5.75 Å². The number of amides is 1. The minimum atomic E-state index is -0.824. The van der Waals surface area contributed by atoms with E-state index in [9.17, 15) is 9.90 Å². The molecule has 1 unspecified atom stereocenters. The van der Waals surface area contributed by atoms with Gasteiger partial charge in [-0.1, -0.05) is 0 Å². The molecule has 1 atom stereocenters. The van der Waals surface area contributed by atoms with Crippen molar-refractivity contribution in [3.8, 4) is 5.75 Å². The number of hydrogen-bond acceptors (Lipinski definition) is 4. The van der Waals surface area contributed by atoms with E-state index in [2.05, 4.69) is 10.6 Å². The second-order valence-electron chi connectivity index (χ2n) is 5.07. The Hall–Kier alpha value is -1.75. The molecular weight excluding hydrogens is 232 g/mol. The van der Waals surface area contributed by atoms with Gasteiger partial charge in [-0.3, -0.25) is 4.79 Å². The van der Waals surface area contributed by atoms with Crippen LogP contribution in [-0.2, 0) is 4.79 Å². The molecule has 0 aliphatic carbocycles. The fourth-order valence-electron chi connectivity index (χ4n) is 1.60. The molecule has 0 saturated carbocycles. The maximum Gasteiger partial charge on any atom is 0.262 e. The highest BCUT2D eigenvalue weighted by Crippen LogP contribution is 2.31. The molecule has 0 spiro atoms. The lowest BCUT2D eigenvalue weighted by Gasteiger charge is -2.28. The number of hydrogen-bond donors (Lipinski definition) is 3. The minimum absolute atomic E-state index is 0.0554. The van der Waals surface area contributed by atoms with Crippen LogP contribution in [0, 0.1) is 0 Å². The molecule has 0 bridgehead atoms. The van der Waals surface area contributed by atoms with E-state index in [-0.39, 0.29) is 18.6 Å². The zero-order chi connectivity index (χ0) is 13.3. The molecule has 1 aliphatic heterocycles. The van der Waals surface area contributed by atoms with Crippen molar-refractivity contribution in [1.82, 2.24) is 0 Å². The summed E-state index contributed by atoms with van der Waals surface area (Å²) in [5.74, 6) is 0.506. The van der Waals surface area contributed by atoms with Gasteiger partial charge in [0, 0.05) is 5.69 Å². The Morgan fingerprint density at radius 2 is 2.22 bits per heavy atom. The van der Waals surface area contributed by atoms with E-state index in [4.69, 9.17) is 4.74 Å². The normalized spacial score (nSPS) is 16.3. The summed E-state index contributed by atoms with van der Waals surface area (Å²) < 4.78 is 5.27. The summed E-state index contributed by atoms with van der Waals surface area (Å²) in [5.41, 5.74) is 0.656. The van der Waals surface area contributed by atoms with Crippen LogP contribution in [0.15, 0.2) is 18.2 Å². The number of ether oxygens (including phenoxy) is 1. The Bertz CT molecular complexity index is 466. The van der Waals surface area contributed by atoms with Crippen LogP contribution >= 0.6 is 0 Å². The summed E-state index contributed by atoms with van der Waals surface area (Å²) in [6, 6.07) is 5.34. The van der Waals surface area contributed by atoms with Gasteiger partial charge in [0.05, 0.1) is 17.3 Å². The molecule has 1 aromatic rings. The van der Waals surface area contributed by atoms with Gasteiger partial charge in [0.25, 0.3) is 5.91 Å². The van der Waals surface area contributed by atoms with Crippen LogP contribution in [0.1, 0.15) is 20.8 Å². The Morgan fingerprint density at radius 3 is 2.89 bits per heavy atom. The highest BCUT2D eigenvalue weighted by molar-refractivity contribution is 5.96. The van der Waals surface area contributed by atoms with E-state index in [0.29, 0.717) is 11.4 Å². The van der Waals surface area contributed by atoms with Gasteiger partial charge < -0.3 is 20.5 Å². The molecule has 0 aromatic heterocycles. The number of rotatable bonds is 3. The molecule has 2 rings (SSSR count). The first-order valence-corrected chi connectivity index (χ1v) is 5.92. The predicted octanol–water partition coefficient (Wildman–Crippen LogP) is 1.59. The molecule has 1 aliphatic rings. The fourth-order valence-corrected chi connectivity index (χ4v) is 1.60. The monoisotopic (exact) mass is 250 g/mol. The molecule has 5 nitrogen and oxygen atoms in total. The highest BCUT2D eigenvalue weighted by atomic mass is 16.5. The van der Waals surface area contributed by atoms with Gasteiger partial charge in [0.1, 0.15) is 5.75 Å². The molecule has 0 saturated heterocycles. The van der Waals surface area contributed by atoms with Crippen molar-refractivity contribution in [2.24, 2.45) is 0 Å². The number of carbonyl (C=O) groups is 1. The van der Waals surface area contributed by atoms with Crippen LogP contribution in [0.4, 0.5) is 11.4 Å². The topological polar surface area (TPSA) is 70.6 Å². The first kappa shape index (κ1) is 12.7. The summed E-state index contributed by atoms with van der Waals surface area (Å²) >= 11 is 0. The largest absolute Gasteiger partial charge is 0.482 e. The van der Waals surface area contributed by atoms with Gasteiger partial charge in [-0.15, -0.1) is 0 Å². The lowest BCUT2D eigenvalue weighted by atomic mass is 10.0. The second-order valence-corrected chi connectivity index (χ2v) is 5.07. The molecule has 98 valence electrons. The number of nitrogens with one attached hydrogen (secondary N) is 2. The van der Waals surface area contributed by atoms with Crippen molar-refractivity contribution >= 4 is 17.3 Å².